The van der Waals surface area contributed by atoms with Gasteiger partial charge in [0.25, 0.3) is 0 Å². The Morgan fingerprint density at radius 3 is 2.88 bits per heavy atom. The average molecular weight is 369 g/mol. The van der Waals surface area contributed by atoms with E-state index in [0.29, 0.717) is 19.4 Å². The second-order valence-electron chi connectivity index (χ2n) is 7.19. The molecule has 2 heterocycles. The van der Waals surface area contributed by atoms with Crippen molar-refractivity contribution in [3.8, 4) is 0 Å². The number of aryl methyl sites for hydroxylation is 1. The molecule has 0 radical (unpaired) electrons. The first kappa shape index (κ1) is 17.3. The summed E-state index contributed by atoms with van der Waals surface area (Å²) >= 11 is 1.77. The van der Waals surface area contributed by atoms with Gasteiger partial charge in [-0.05, 0) is 47.4 Å². The monoisotopic (exact) mass is 368 g/mol. The molecule has 1 aromatic heterocycles. The van der Waals surface area contributed by atoms with Gasteiger partial charge in [0, 0.05) is 37.9 Å². The smallest absolute Gasteiger partial charge is 0.223 e. The van der Waals surface area contributed by atoms with E-state index in [1.165, 1.54) is 21.6 Å². The van der Waals surface area contributed by atoms with Gasteiger partial charge in [-0.2, -0.15) is 0 Å². The van der Waals surface area contributed by atoms with Crippen LogP contribution in [0.5, 0.6) is 0 Å². The topological polar surface area (TPSA) is 40.6 Å². The number of hydrogen-bond donors (Lipinski definition) is 0. The van der Waals surface area contributed by atoms with Gasteiger partial charge in [-0.1, -0.05) is 24.3 Å². The minimum absolute atomic E-state index is 0.0632. The summed E-state index contributed by atoms with van der Waals surface area (Å²) in [4.78, 5) is 30.3. The normalized spacial score (nSPS) is 18.3. The lowest BCUT2D eigenvalue weighted by Crippen LogP contribution is -2.36. The Labute approximate surface area is 158 Å². The Hall–Kier alpha value is -2.14. The number of nitrogens with zero attached hydrogens (tertiary/aromatic N) is 2. The second-order valence-corrected chi connectivity index (χ2v) is 8.19. The van der Waals surface area contributed by atoms with Crippen LogP contribution in [0, 0.1) is 0 Å². The van der Waals surface area contributed by atoms with Crippen LogP contribution in [0.3, 0.4) is 0 Å². The number of carbonyl (C=O) groups excluding carboxylic acids is 2. The Kier molecular flexibility index (Phi) is 4.81. The van der Waals surface area contributed by atoms with Gasteiger partial charge in [0.15, 0.2) is 0 Å². The predicted octanol–water partition coefficient (Wildman–Crippen LogP) is 3.56. The molecular weight excluding hydrogens is 344 g/mol. The van der Waals surface area contributed by atoms with Crippen molar-refractivity contribution in [2.75, 3.05) is 13.6 Å². The number of amides is 2. The Balaban J connectivity index is 1.32. The third kappa shape index (κ3) is 3.28. The Morgan fingerprint density at radius 2 is 2.00 bits per heavy atom. The maximum Gasteiger partial charge on any atom is 0.223 e. The van der Waals surface area contributed by atoms with E-state index in [-0.39, 0.29) is 17.9 Å². The van der Waals surface area contributed by atoms with Crippen molar-refractivity contribution in [2.45, 2.75) is 44.7 Å². The van der Waals surface area contributed by atoms with Crippen LogP contribution in [0.4, 0.5) is 0 Å². The van der Waals surface area contributed by atoms with Crippen LogP contribution >= 0.6 is 11.3 Å². The lowest BCUT2D eigenvalue weighted by atomic mass is 10.1. The van der Waals surface area contributed by atoms with E-state index in [1.807, 2.05) is 22.9 Å². The van der Waals surface area contributed by atoms with Crippen LogP contribution < -0.4 is 0 Å². The summed E-state index contributed by atoms with van der Waals surface area (Å²) in [6.45, 7) is 1.46. The Morgan fingerprint density at radius 1 is 1.15 bits per heavy atom. The van der Waals surface area contributed by atoms with Crippen molar-refractivity contribution >= 4 is 23.2 Å². The van der Waals surface area contributed by atoms with Crippen LogP contribution in [0.25, 0.3) is 0 Å². The first-order valence-corrected chi connectivity index (χ1v) is 10.2. The minimum Gasteiger partial charge on any atom is -0.339 e. The number of thiophene rings is 1. The summed E-state index contributed by atoms with van der Waals surface area (Å²) in [7, 11) is 1.87. The van der Waals surface area contributed by atoms with E-state index in [4.69, 9.17) is 0 Å². The molecule has 0 N–H and O–H groups in total. The summed E-state index contributed by atoms with van der Waals surface area (Å²) in [5, 5.41) is 2.09. The fourth-order valence-corrected chi connectivity index (χ4v) is 5.01. The molecule has 0 unspecified atom stereocenters. The summed E-state index contributed by atoms with van der Waals surface area (Å²) in [5.41, 5.74) is 3.87. The minimum atomic E-state index is 0.0632. The molecule has 0 spiro atoms. The van der Waals surface area contributed by atoms with E-state index in [1.54, 1.807) is 11.3 Å². The lowest BCUT2D eigenvalue weighted by molar-refractivity contribution is -0.138. The number of carbonyl (C=O) groups is 2. The van der Waals surface area contributed by atoms with Crippen LogP contribution in [0.2, 0.25) is 0 Å². The molecule has 1 aromatic carbocycles. The zero-order valence-corrected chi connectivity index (χ0v) is 15.9. The molecule has 0 fully saturated rings. The van der Waals surface area contributed by atoms with Crippen LogP contribution in [0.15, 0.2) is 35.7 Å². The molecule has 2 aliphatic rings. The molecule has 26 heavy (non-hydrogen) atoms. The van der Waals surface area contributed by atoms with Crippen molar-refractivity contribution in [2.24, 2.45) is 0 Å². The number of rotatable bonds is 4. The molecule has 4 nitrogen and oxygen atoms in total. The van der Waals surface area contributed by atoms with Gasteiger partial charge in [-0.25, -0.2) is 0 Å². The fraction of sp³-hybridized carbons (Fsp3) is 0.429. The van der Waals surface area contributed by atoms with E-state index < -0.39 is 0 Å². The molecule has 2 aromatic rings. The average Bonchev–Trinajstić information content (AvgIpc) is 3.31. The van der Waals surface area contributed by atoms with Crippen molar-refractivity contribution in [1.29, 1.82) is 0 Å². The van der Waals surface area contributed by atoms with Crippen molar-refractivity contribution in [3.05, 3.63) is 57.3 Å². The van der Waals surface area contributed by atoms with E-state index in [2.05, 4.69) is 29.6 Å². The molecule has 1 atom stereocenters. The van der Waals surface area contributed by atoms with Gasteiger partial charge in [0.2, 0.25) is 11.8 Å². The Bertz CT molecular complexity index is 829. The van der Waals surface area contributed by atoms with Gasteiger partial charge in [-0.3, -0.25) is 9.59 Å². The van der Waals surface area contributed by atoms with Crippen molar-refractivity contribution in [1.82, 2.24) is 9.80 Å². The van der Waals surface area contributed by atoms with Gasteiger partial charge in [0.1, 0.15) is 0 Å². The molecule has 5 heteroatoms. The van der Waals surface area contributed by atoms with Gasteiger partial charge in [0.05, 0.1) is 6.04 Å². The highest BCUT2D eigenvalue weighted by atomic mass is 32.1. The standard InChI is InChI=1S/C21H24N2O2S/c1-22(18-7-6-15-4-2-3-5-17(15)18)20(24)8-9-21(25)23-12-10-19-16(14-23)11-13-26-19/h2-5,11,13,18H,6-10,12,14H2,1H3/t18-/m1/s1. The first-order chi connectivity index (χ1) is 12.6. The zero-order chi connectivity index (χ0) is 18.1. The SMILES string of the molecule is CN(C(=O)CCC(=O)N1CCc2sccc2C1)[C@@H]1CCc2ccccc21. The maximum atomic E-state index is 12.6. The quantitative estimate of drug-likeness (QED) is 0.828. The highest BCUT2D eigenvalue weighted by molar-refractivity contribution is 7.10. The molecule has 0 saturated heterocycles. The molecule has 136 valence electrons. The van der Waals surface area contributed by atoms with E-state index >= 15 is 0 Å². The first-order valence-electron chi connectivity index (χ1n) is 9.30. The number of fused-ring (bicyclic) bond motifs is 2. The zero-order valence-electron chi connectivity index (χ0n) is 15.1. The fourth-order valence-electron chi connectivity index (χ4n) is 4.12. The summed E-state index contributed by atoms with van der Waals surface area (Å²) in [5.74, 6) is 0.156. The molecule has 2 amide bonds. The van der Waals surface area contributed by atoms with Gasteiger partial charge in [-0.15, -0.1) is 11.3 Å². The van der Waals surface area contributed by atoms with Crippen molar-refractivity contribution < 1.29 is 9.59 Å². The maximum absolute atomic E-state index is 12.6. The van der Waals surface area contributed by atoms with Crippen molar-refractivity contribution in [3.63, 3.8) is 0 Å². The largest absolute Gasteiger partial charge is 0.339 e. The van der Waals surface area contributed by atoms with Gasteiger partial charge >= 0.3 is 0 Å². The van der Waals surface area contributed by atoms with E-state index in [9.17, 15) is 9.59 Å². The molecule has 4 rings (SSSR count). The number of benzene rings is 1. The molecule has 0 bridgehead atoms. The van der Waals surface area contributed by atoms with Crippen LogP contribution in [-0.2, 0) is 29.0 Å². The molecule has 0 saturated carbocycles. The molecule has 1 aliphatic heterocycles. The lowest BCUT2D eigenvalue weighted by Gasteiger charge is -2.28. The predicted molar refractivity (Wildman–Crippen MR) is 103 cm³/mol. The van der Waals surface area contributed by atoms with Crippen LogP contribution in [-0.4, -0.2) is 35.2 Å². The summed E-state index contributed by atoms with van der Waals surface area (Å²) < 4.78 is 0. The van der Waals surface area contributed by atoms with Gasteiger partial charge < -0.3 is 9.80 Å². The summed E-state index contributed by atoms with van der Waals surface area (Å²) in [6, 6.07) is 10.6. The molecular formula is C21H24N2O2S. The highest BCUT2D eigenvalue weighted by Crippen LogP contribution is 2.35. The third-order valence-electron chi connectivity index (χ3n) is 5.68. The van der Waals surface area contributed by atoms with Crippen LogP contribution in [0.1, 0.15) is 46.9 Å². The third-order valence-corrected chi connectivity index (χ3v) is 6.70. The molecule has 1 aliphatic carbocycles. The summed E-state index contributed by atoms with van der Waals surface area (Å²) in [6.07, 6.45) is 3.53. The van der Waals surface area contributed by atoms with E-state index in [0.717, 1.165) is 25.8 Å². The highest BCUT2D eigenvalue weighted by Gasteiger charge is 2.29. The number of hydrogen-bond acceptors (Lipinski definition) is 3. The second kappa shape index (κ2) is 7.23.